The predicted molar refractivity (Wildman–Crippen MR) is 66.0 cm³/mol. The average molecular weight is 241 g/mol. The summed E-state index contributed by atoms with van der Waals surface area (Å²) in [6.07, 6.45) is 1.75. The molecule has 0 radical (unpaired) electrons. The van der Waals surface area contributed by atoms with Crippen molar-refractivity contribution < 1.29 is 13.9 Å². The highest BCUT2D eigenvalue weighted by Gasteiger charge is 2.03. The summed E-state index contributed by atoms with van der Waals surface area (Å²) in [7, 11) is 3.28. The Morgan fingerprint density at radius 3 is 2.76 bits per heavy atom. The van der Waals surface area contributed by atoms with Crippen molar-refractivity contribution in [1.29, 1.82) is 0 Å². The molecule has 1 N–H and O–H groups in total. The third kappa shape index (κ3) is 5.15. The van der Waals surface area contributed by atoms with Gasteiger partial charge in [0.05, 0.1) is 13.7 Å². The van der Waals surface area contributed by atoms with Crippen LogP contribution in [0.4, 0.5) is 4.39 Å². The Balaban J connectivity index is 2.32. The molecule has 0 saturated carbocycles. The molecule has 4 heteroatoms. The van der Waals surface area contributed by atoms with Gasteiger partial charge in [-0.2, -0.15) is 0 Å². The van der Waals surface area contributed by atoms with Crippen LogP contribution in [0.15, 0.2) is 18.2 Å². The molecule has 0 aliphatic carbocycles. The van der Waals surface area contributed by atoms with Crippen LogP contribution in [0, 0.1) is 5.82 Å². The number of ether oxygens (including phenoxy) is 2. The Labute approximate surface area is 102 Å². The van der Waals surface area contributed by atoms with E-state index in [4.69, 9.17) is 9.47 Å². The zero-order valence-electron chi connectivity index (χ0n) is 10.5. The Morgan fingerprint density at radius 1 is 1.24 bits per heavy atom. The van der Waals surface area contributed by atoms with Crippen LogP contribution in [-0.2, 0) is 11.2 Å². The summed E-state index contributed by atoms with van der Waals surface area (Å²) in [5.41, 5.74) is 0.918. The third-order valence-electron chi connectivity index (χ3n) is 2.53. The minimum atomic E-state index is -0.215. The molecule has 0 spiro atoms. The molecule has 1 aromatic carbocycles. The molecule has 3 nitrogen and oxygen atoms in total. The molecule has 0 amide bonds. The molecular formula is C13H20FNO2. The van der Waals surface area contributed by atoms with Crippen LogP contribution in [0.3, 0.4) is 0 Å². The first kappa shape index (κ1) is 13.9. The number of benzene rings is 1. The molecule has 0 heterocycles. The maximum absolute atomic E-state index is 13.1. The molecule has 1 aromatic rings. The monoisotopic (exact) mass is 241 g/mol. The van der Waals surface area contributed by atoms with Crippen molar-refractivity contribution in [1.82, 2.24) is 5.32 Å². The molecule has 0 saturated heterocycles. The van der Waals surface area contributed by atoms with Crippen molar-refractivity contribution in [3.63, 3.8) is 0 Å². The number of nitrogens with one attached hydrogen (secondary N) is 1. The zero-order valence-corrected chi connectivity index (χ0v) is 10.5. The number of rotatable bonds is 8. The van der Waals surface area contributed by atoms with Crippen LogP contribution in [0.5, 0.6) is 5.75 Å². The normalized spacial score (nSPS) is 10.5. The number of methoxy groups -OCH3 is 2. The largest absolute Gasteiger partial charge is 0.496 e. The van der Waals surface area contributed by atoms with Crippen molar-refractivity contribution in [3.8, 4) is 5.75 Å². The lowest BCUT2D eigenvalue weighted by molar-refractivity contribution is 0.199. The molecule has 0 bridgehead atoms. The average Bonchev–Trinajstić information content (AvgIpc) is 2.34. The Bertz CT molecular complexity index is 331. The summed E-state index contributed by atoms with van der Waals surface area (Å²) in [5, 5.41) is 3.25. The molecule has 0 fully saturated rings. The fourth-order valence-corrected chi connectivity index (χ4v) is 1.65. The van der Waals surface area contributed by atoms with Gasteiger partial charge in [-0.25, -0.2) is 4.39 Å². The van der Waals surface area contributed by atoms with E-state index in [9.17, 15) is 4.39 Å². The summed E-state index contributed by atoms with van der Waals surface area (Å²) in [6, 6.07) is 4.62. The lowest BCUT2D eigenvalue weighted by Gasteiger charge is -2.09. The van der Waals surface area contributed by atoms with Crippen molar-refractivity contribution in [3.05, 3.63) is 29.6 Å². The molecule has 96 valence electrons. The van der Waals surface area contributed by atoms with Gasteiger partial charge in [-0.3, -0.25) is 0 Å². The minimum absolute atomic E-state index is 0.215. The molecule has 0 aliphatic heterocycles. The van der Waals surface area contributed by atoms with Gasteiger partial charge in [-0.1, -0.05) is 0 Å². The Morgan fingerprint density at radius 2 is 2.06 bits per heavy atom. The van der Waals surface area contributed by atoms with Crippen LogP contribution >= 0.6 is 0 Å². The summed E-state index contributed by atoms with van der Waals surface area (Å²) < 4.78 is 23.2. The van der Waals surface area contributed by atoms with E-state index in [2.05, 4.69) is 5.32 Å². The number of halogens is 1. The fraction of sp³-hybridized carbons (Fsp3) is 0.538. The maximum atomic E-state index is 13.1. The number of aryl methyl sites for hydroxylation is 1. The van der Waals surface area contributed by atoms with Gasteiger partial charge in [0, 0.05) is 13.7 Å². The molecule has 0 aromatic heterocycles. The molecular weight excluding hydrogens is 221 g/mol. The first-order valence-corrected chi connectivity index (χ1v) is 5.80. The van der Waals surface area contributed by atoms with Gasteiger partial charge < -0.3 is 14.8 Å². The topological polar surface area (TPSA) is 30.5 Å². The van der Waals surface area contributed by atoms with Gasteiger partial charge in [0.15, 0.2) is 0 Å². The van der Waals surface area contributed by atoms with Gasteiger partial charge >= 0.3 is 0 Å². The van der Waals surface area contributed by atoms with Crippen molar-refractivity contribution in [2.75, 3.05) is 33.9 Å². The van der Waals surface area contributed by atoms with E-state index in [0.29, 0.717) is 6.61 Å². The summed E-state index contributed by atoms with van der Waals surface area (Å²) >= 11 is 0. The molecule has 0 unspecified atom stereocenters. The Hall–Kier alpha value is -1.13. The molecule has 0 atom stereocenters. The first-order chi connectivity index (χ1) is 8.27. The highest BCUT2D eigenvalue weighted by Crippen LogP contribution is 2.20. The maximum Gasteiger partial charge on any atom is 0.123 e. The second-order valence-corrected chi connectivity index (χ2v) is 3.80. The lowest BCUT2D eigenvalue weighted by Crippen LogP contribution is -2.20. The third-order valence-corrected chi connectivity index (χ3v) is 2.53. The van der Waals surface area contributed by atoms with Crippen molar-refractivity contribution in [2.24, 2.45) is 0 Å². The highest BCUT2D eigenvalue weighted by atomic mass is 19.1. The SMILES string of the molecule is COCCNCCCc1cc(F)ccc1OC. The van der Waals surface area contributed by atoms with E-state index < -0.39 is 0 Å². The molecule has 1 rings (SSSR count). The van der Waals surface area contributed by atoms with E-state index in [1.54, 1.807) is 20.3 Å². The van der Waals surface area contributed by atoms with Crippen LogP contribution in [-0.4, -0.2) is 33.9 Å². The van der Waals surface area contributed by atoms with E-state index in [0.717, 1.165) is 37.2 Å². The molecule has 0 aliphatic rings. The lowest BCUT2D eigenvalue weighted by atomic mass is 10.1. The van der Waals surface area contributed by atoms with E-state index in [-0.39, 0.29) is 5.82 Å². The van der Waals surface area contributed by atoms with Crippen molar-refractivity contribution in [2.45, 2.75) is 12.8 Å². The van der Waals surface area contributed by atoms with E-state index in [1.807, 2.05) is 0 Å². The standard InChI is InChI=1S/C13H20FNO2/c1-16-9-8-15-7-3-4-11-10-12(14)5-6-13(11)17-2/h5-6,10,15H,3-4,7-9H2,1-2H3. The predicted octanol–water partition coefficient (Wildman–Crippen LogP) is 2.00. The minimum Gasteiger partial charge on any atom is -0.496 e. The fourth-order valence-electron chi connectivity index (χ4n) is 1.65. The van der Waals surface area contributed by atoms with Crippen molar-refractivity contribution >= 4 is 0 Å². The first-order valence-electron chi connectivity index (χ1n) is 5.80. The number of hydrogen-bond donors (Lipinski definition) is 1. The zero-order chi connectivity index (χ0) is 12.5. The molecule has 17 heavy (non-hydrogen) atoms. The highest BCUT2D eigenvalue weighted by molar-refractivity contribution is 5.33. The van der Waals surface area contributed by atoms with E-state index >= 15 is 0 Å². The van der Waals surface area contributed by atoms with Crippen LogP contribution in [0.25, 0.3) is 0 Å². The van der Waals surface area contributed by atoms with Crippen LogP contribution in [0.2, 0.25) is 0 Å². The second kappa shape index (κ2) is 8.03. The summed E-state index contributed by atoms with van der Waals surface area (Å²) in [5.74, 6) is 0.538. The second-order valence-electron chi connectivity index (χ2n) is 3.80. The summed E-state index contributed by atoms with van der Waals surface area (Å²) in [6.45, 7) is 2.45. The van der Waals surface area contributed by atoms with Gasteiger partial charge in [-0.15, -0.1) is 0 Å². The van der Waals surface area contributed by atoms with Gasteiger partial charge in [0.1, 0.15) is 11.6 Å². The van der Waals surface area contributed by atoms with Crippen LogP contribution < -0.4 is 10.1 Å². The van der Waals surface area contributed by atoms with Gasteiger partial charge in [-0.05, 0) is 43.1 Å². The van der Waals surface area contributed by atoms with Crippen LogP contribution in [0.1, 0.15) is 12.0 Å². The smallest absolute Gasteiger partial charge is 0.123 e. The van der Waals surface area contributed by atoms with Gasteiger partial charge in [0.2, 0.25) is 0 Å². The number of hydrogen-bond acceptors (Lipinski definition) is 3. The van der Waals surface area contributed by atoms with Gasteiger partial charge in [0.25, 0.3) is 0 Å². The summed E-state index contributed by atoms with van der Waals surface area (Å²) in [4.78, 5) is 0. The van der Waals surface area contributed by atoms with E-state index in [1.165, 1.54) is 12.1 Å². The Kier molecular flexibility index (Phi) is 6.58. The quantitative estimate of drug-likeness (QED) is 0.706.